The van der Waals surface area contributed by atoms with Crippen molar-refractivity contribution in [1.82, 2.24) is 30.4 Å². The van der Waals surface area contributed by atoms with Crippen LogP contribution in [-0.2, 0) is 0 Å². The van der Waals surface area contributed by atoms with Crippen LogP contribution in [0.15, 0.2) is 12.7 Å². The first kappa shape index (κ1) is 19.0. The third-order valence-electron chi connectivity index (χ3n) is 2.57. The van der Waals surface area contributed by atoms with E-state index in [0.717, 1.165) is 0 Å². The van der Waals surface area contributed by atoms with E-state index in [1.165, 1.54) is 17.3 Å². The molecule has 12 heteroatoms. The number of hydrogen-bond acceptors (Lipinski definition) is 4. The van der Waals surface area contributed by atoms with Gasteiger partial charge in [0, 0.05) is 13.1 Å². The van der Waals surface area contributed by atoms with Crippen LogP contribution >= 0.6 is 47.0 Å². The van der Waals surface area contributed by atoms with Gasteiger partial charge >= 0.3 is 6.03 Å². The predicted molar refractivity (Wildman–Crippen MR) is 90.6 cm³/mol. The van der Waals surface area contributed by atoms with Gasteiger partial charge in [0.25, 0.3) is 0 Å². The fourth-order valence-electron chi connectivity index (χ4n) is 1.46. The smallest absolute Gasteiger partial charge is 0.319 e. The molecule has 0 spiro atoms. The van der Waals surface area contributed by atoms with Crippen LogP contribution in [0.3, 0.4) is 0 Å². The van der Waals surface area contributed by atoms with Crippen molar-refractivity contribution in [3.05, 3.63) is 12.7 Å². The second kappa shape index (κ2) is 8.56. The van der Waals surface area contributed by atoms with E-state index in [-0.39, 0.29) is 11.1 Å². The zero-order chi connectivity index (χ0) is 16.8. The van der Waals surface area contributed by atoms with E-state index in [4.69, 9.17) is 47.0 Å². The van der Waals surface area contributed by atoms with E-state index in [2.05, 4.69) is 26.3 Å². The molecule has 22 heavy (non-hydrogen) atoms. The molecule has 2 amide bonds. The Morgan fingerprint density at radius 2 is 1.82 bits per heavy atom. The van der Waals surface area contributed by atoms with Crippen LogP contribution in [0.2, 0.25) is 0 Å². The van der Waals surface area contributed by atoms with Crippen molar-refractivity contribution in [2.24, 2.45) is 0 Å². The lowest BCUT2D eigenvalue weighted by atomic mass is 10.5. The SMILES string of the molecule is CCN(CC)C(=O)N[C@@H](NC(=S)Nn1cnnc1)C(Cl)(Cl)Cl. The molecule has 0 radical (unpaired) electrons. The molecule has 0 fully saturated rings. The standard InChI is InChI=1S/C10H16Cl3N7OS/c1-3-19(4-2)9(21)17-7(10(11,12)13)16-8(22)18-20-5-14-15-6-20/h5-7H,3-4H2,1-2H3,(H,17,21)(H2,16,18,22)/t7-/m1/s1. The highest BCUT2D eigenvalue weighted by Crippen LogP contribution is 2.29. The summed E-state index contributed by atoms with van der Waals surface area (Å²) in [5.74, 6) is 0. The Bertz CT molecular complexity index is 489. The first-order chi connectivity index (χ1) is 10.3. The topological polar surface area (TPSA) is 87.1 Å². The predicted octanol–water partition coefficient (Wildman–Crippen LogP) is 1.44. The van der Waals surface area contributed by atoms with E-state index >= 15 is 0 Å². The summed E-state index contributed by atoms with van der Waals surface area (Å²) >= 11 is 22.7. The second-order valence-electron chi connectivity index (χ2n) is 4.05. The van der Waals surface area contributed by atoms with Crippen LogP contribution in [-0.4, -0.2) is 54.0 Å². The molecule has 8 nitrogen and oxygen atoms in total. The fraction of sp³-hybridized carbons (Fsp3) is 0.600. The summed E-state index contributed by atoms with van der Waals surface area (Å²) < 4.78 is -0.404. The van der Waals surface area contributed by atoms with Crippen LogP contribution in [0.4, 0.5) is 4.79 Å². The average Bonchev–Trinajstić information content (AvgIpc) is 2.91. The van der Waals surface area contributed by atoms with Gasteiger partial charge in [-0.15, -0.1) is 10.2 Å². The van der Waals surface area contributed by atoms with E-state index in [0.29, 0.717) is 13.1 Å². The van der Waals surface area contributed by atoms with Crippen LogP contribution in [0.25, 0.3) is 0 Å². The van der Waals surface area contributed by atoms with Gasteiger partial charge in [-0.1, -0.05) is 34.8 Å². The van der Waals surface area contributed by atoms with Gasteiger partial charge in [-0.3, -0.25) is 5.43 Å². The molecule has 124 valence electrons. The molecule has 0 aliphatic rings. The molecule has 1 atom stereocenters. The highest BCUT2D eigenvalue weighted by atomic mass is 35.6. The second-order valence-corrected chi connectivity index (χ2v) is 6.83. The number of carbonyl (C=O) groups is 1. The fourth-order valence-corrected chi connectivity index (χ4v) is 2.01. The Morgan fingerprint density at radius 3 is 2.27 bits per heavy atom. The van der Waals surface area contributed by atoms with Crippen LogP contribution in [0.1, 0.15) is 13.8 Å². The lowest BCUT2D eigenvalue weighted by molar-refractivity contribution is 0.198. The number of rotatable bonds is 5. The summed E-state index contributed by atoms with van der Waals surface area (Å²) in [6, 6.07) is -0.374. The van der Waals surface area contributed by atoms with Gasteiger partial charge in [-0.05, 0) is 26.1 Å². The van der Waals surface area contributed by atoms with E-state index in [9.17, 15) is 4.79 Å². The third kappa shape index (κ3) is 5.99. The summed E-state index contributed by atoms with van der Waals surface area (Å²) in [6.45, 7) is 4.74. The Labute approximate surface area is 148 Å². The first-order valence-corrected chi connectivity index (χ1v) is 7.86. The Balaban J connectivity index is 2.69. The first-order valence-electron chi connectivity index (χ1n) is 6.32. The van der Waals surface area contributed by atoms with Crippen molar-refractivity contribution in [2.75, 3.05) is 18.5 Å². The minimum absolute atomic E-state index is 0.121. The monoisotopic (exact) mass is 387 g/mol. The maximum absolute atomic E-state index is 12.1. The molecule has 0 saturated carbocycles. The van der Waals surface area contributed by atoms with Gasteiger partial charge in [0.2, 0.25) is 3.79 Å². The molecule has 0 aliphatic carbocycles. The molecule has 1 aromatic heterocycles. The molecular formula is C10H16Cl3N7OS. The number of nitrogens with one attached hydrogen (secondary N) is 3. The molecule has 1 heterocycles. The lowest BCUT2D eigenvalue weighted by Gasteiger charge is -2.30. The molecule has 0 saturated heterocycles. The third-order valence-corrected chi connectivity index (χ3v) is 3.43. The number of halogens is 3. The van der Waals surface area contributed by atoms with Gasteiger partial charge < -0.3 is 15.5 Å². The Kier molecular flexibility index (Phi) is 7.40. The van der Waals surface area contributed by atoms with Gasteiger partial charge in [-0.25, -0.2) is 9.47 Å². The van der Waals surface area contributed by atoms with Crippen LogP contribution in [0.5, 0.6) is 0 Å². The molecule has 0 bridgehead atoms. The number of hydrogen-bond donors (Lipinski definition) is 3. The zero-order valence-corrected chi connectivity index (χ0v) is 15.0. The van der Waals surface area contributed by atoms with Crippen molar-refractivity contribution in [2.45, 2.75) is 23.8 Å². The molecular weight excluding hydrogens is 373 g/mol. The quantitative estimate of drug-likeness (QED) is 0.402. The number of amides is 2. The molecule has 0 aliphatic heterocycles. The molecule has 0 unspecified atom stereocenters. The number of aromatic nitrogens is 3. The number of nitrogens with zero attached hydrogens (tertiary/aromatic N) is 4. The zero-order valence-electron chi connectivity index (χ0n) is 11.9. The van der Waals surface area contributed by atoms with E-state index < -0.39 is 9.96 Å². The minimum atomic E-state index is -1.80. The summed E-state index contributed by atoms with van der Waals surface area (Å²) in [4.78, 5) is 13.6. The summed E-state index contributed by atoms with van der Waals surface area (Å²) in [5, 5.41) is 12.6. The maximum atomic E-state index is 12.1. The summed E-state index contributed by atoms with van der Waals surface area (Å²) in [7, 11) is 0. The van der Waals surface area contributed by atoms with Crippen LogP contribution < -0.4 is 16.1 Å². The van der Waals surface area contributed by atoms with Gasteiger partial charge in [-0.2, -0.15) is 0 Å². The number of alkyl halides is 3. The summed E-state index contributed by atoms with van der Waals surface area (Å²) in [6.07, 6.45) is 1.77. The normalized spacial score (nSPS) is 12.4. The minimum Gasteiger partial charge on any atom is -0.338 e. The Hall–Kier alpha value is -1.03. The highest BCUT2D eigenvalue weighted by molar-refractivity contribution is 7.80. The lowest BCUT2D eigenvalue weighted by Crippen LogP contribution is -2.59. The molecule has 1 rings (SSSR count). The van der Waals surface area contributed by atoms with E-state index in [1.54, 1.807) is 4.90 Å². The molecule has 0 aromatic carbocycles. The number of urea groups is 1. The maximum Gasteiger partial charge on any atom is 0.319 e. The largest absolute Gasteiger partial charge is 0.338 e. The highest BCUT2D eigenvalue weighted by Gasteiger charge is 2.35. The van der Waals surface area contributed by atoms with Crippen molar-refractivity contribution in [1.29, 1.82) is 0 Å². The van der Waals surface area contributed by atoms with Gasteiger partial charge in [0.05, 0.1) is 0 Å². The van der Waals surface area contributed by atoms with Gasteiger partial charge in [0.1, 0.15) is 12.7 Å². The van der Waals surface area contributed by atoms with Crippen molar-refractivity contribution in [3.63, 3.8) is 0 Å². The Morgan fingerprint density at radius 1 is 1.27 bits per heavy atom. The van der Waals surface area contributed by atoms with E-state index in [1.807, 2.05) is 13.8 Å². The van der Waals surface area contributed by atoms with Crippen LogP contribution in [0, 0.1) is 0 Å². The molecule has 1 aromatic rings. The van der Waals surface area contributed by atoms with Gasteiger partial charge in [0.15, 0.2) is 11.3 Å². The number of carbonyl (C=O) groups excluding carboxylic acids is 1. The van der Waals surface area contributed by atoms with Crippen molar-refractivity contribution >= 4 is 58.2 Å². The summed E-state index contributed by atoms with van der Waals surface area (Å²) in [5.41, 5.74) is 2.73. The molecule has 3 N–H and O–H groups in total. The average molecular weight is 389 g/mol. The van der Waals surface area contributed by atoms with Crippen molar-refractivity contribution in [3.8, 4) is 0 Å². The van der Waals surface area contributed by atoms with Crippen molar-refractivity contribution < 1.29 is 4.79 Å². The number of thiocarbonyl (C=S) groups is 1.